The Kier molecular flexibility index (Phi) is 3.77. The fourth-order valence-electron chi connectivity index (χ4n) is 2.42. The molecule has 2 heterocycles. The number of nitrogens with one attached hydrogen (secondary N) is 1. The largest absolute Gasteiger partial charge is 0.418 e. The molecule has 6 nitrogen and oxygen atoms in total. The van der Waals surface area contributed by atoms with Crippen molar-refractivity contribution in [3.05, 3.63) is 17.1 Å². The normalized spacial score (nSPS) is 15.7. The van der Waals surface area contributed by atoms with Crippen molar-refractivity contribution in [3.8, 4) is 10.8 Å². The van der Waals surface area contributed by atoms with Crippen molar-refractivity contribution < 1.29 is 9.21 Å². The quantitative estimate of drug-likeness (QED) is 0.935. The molecular formula is C13H16N4O2S. The van der Waals surface area contributed by atoms with Crippen molar-refractivity contribution in [2.24, 2.45) is 5.92 Å². The summed E-state index contributed by atoms with van der Waals surface area (Å²) in [6.07, 6.45) is 4.27. The van der Waals surface area contributed by atoms with Crippen molar-refractivity contribution in [1.29, 1.82) is 0 Å². The molecule has 0 aromatic carbocycles. The van der Waals surface area contributed by atoms with Gasteiger partial charge < -0.3 is 9.73 Å². The molecule has 1 fully saturated rings. The van der Waals surface area contributed by atoms with Crippen LogP contribution < -0.4 is 5.32 Å². The van der Waals surface area contributed by atoms with Gasteiger partial charge in [-0.15, -0.1) is 21.5 Å². The number of aromatic nitrogens is 3. The Morgan fingerprint density at radius 3 is 2.95 bits per heavy atom. The van der Waals surface area contributed by atoms with Gasteiger partial charge in [-0.2, -0.15) is 0 Å². The minimum atomic E-state index is 0.0937. The molecule has 2 aromatic rings. The van der Waals surface area contributed by atoms with Crippen molar-refractivity contribution in [2.75, 3.05) is 0 Å². The number of rotatable bonds is 4. The molecule has 3 rings (SSSR count). The standard InChI is InChI=1S/C13H16N4O2S/c1-8-11(20-7-15-8)13-17-16-10(19-13)6-14-12(18)9-4-2-3-5-9/h7,9H,2-6H2,1H3,(H,14,18). The molecule has 7 heteroatoms. The molecule has 0 atom stereocenters. The number of carbonyl (C=O) groups excluding carboxylic acids is 1. The van der Waals surface area contributed by atoms with E-state index in [0.29, 0.717) is 18.3 Å². The van der Waals surface area contributed by atoms with Crippen LogP contribution in [0.2, 0.25) is 0 Å². The van der Waals surface area contributed by atoms with Gasteiger partial charge in [0.05, 0.1) is 17.7 Å². The lowest BCUT2D eigenvalue weighted by Gasteiger charge is -2.07. The summed E-state index contributed by atoms with van der Waals surface area (Å²) in [5.74, 6) is 1.15. The zero-order valence-electron chi connectivity index (χ0n) is 11.3. The molecular weight excluding hydrogens is 276 g/mol. The van der Waals surface area contributed by atoms with Crippen LogP contribution in [0.3, 0.4) is 0 Å². The second-order valence-electron chi connectivity index (χ2n) is 4.97. The summed E-state index contributed by atoms with van der Waals surface area (Å²) in [6, 6.07) is 0. The summed E-state index contributed by atoms with van der Waals surface area (Å²) in [6.45, 7) is 2.19. The molecule has 1 aliphatic carbocycles. The average Bonchev–Trinajstić information content (AvgIpc) is 3.17. The monoisotopic (exact) mass is 292 g/mol. The fourth-order valence-corrected chi connectivity index (χ4v) is 3.14. The SMILES string of the molecule is Cc1ncsc1-c1nnc(CNC(=O)C2CCCC2)o1. The van der Waals surface area contributed by atoms with Gasteiger partial charge in [0, 0.05) is 5.92 Å². The third-order valence-electron chi connectivity index (χ3n) is 3.55. The van der Waals surface area contributed by atoms with Crippen LogP contribution in [0.5, 0.6) is 0 Å². The number of thiazole rings is 1. The second-order valence-corrected chi connectivity index (χ2v) is 5.82. The molecule has 2 aromatic heterocycles. The fraction of sp³-hybridized carbons (Fsp3) is 0.538. The summed E-state index contributed by atoms with van der Waals surface area (Å²) < 4.78 is 5.56. The van der Waals surface area contributed by atoms with E-state index in [1.165, 1.54) is 11.3 Å². The van der Waals surface area contributed by atoms with Crippen LogP contribution in [0.1, 0.15) is 37.3 Å². The minimum Gasteiger partial charge on any atom is -0.418 e. The van der Waals surface area contributed by atoms with Crippen LogP contribution in [0, 0.1) is 12.8 Å². The Hall–Kier alpha value is -1.76. The first kappa shape index (κ1) is 13.2. The van der Waals surface area contributed by atoms with Crippen LogP contribution in [0.15, 0.2) is 9.93 Å². The minimum absolute atomic E-state index is 0.0937. The number of hydrogen-bond acceptors (Lipinski definition) is 6. The number of hydrogen-bond donors (Lipinski definition) is 1. The summed E-state index contributed by atoms with van der Waals surface area (Å²) in [4.78, 5) is 16.9. The maximum atomic E-state index is 11.9. The summed E-state index contributed by atoms with van der Waals surface area (Å²) in [7, 11) is 0. The third kappa shape index (κ3) is 2.72. The van der Waals surface area contributed by atoms with Crippen molar-refractivity contribution in [2.45, 2.75) is 39.2 Å². The number of aryl methyl sites for hydroxylation is 1. The van der Waals surface area contributed by atoms with Crippen molar-refractivity contribution in [3.63, 3.8) is 0 Å². The first-order valence-electron chi connectivity index (χ1n) is 6.74. The third-order valence-corrected chi connectivity index (χ3v) is 4.46. The lowest BCUT2D eigenvalue weighted by atomic mass is 10.1. The van der Waals surface area contributed by atoms with E-state index in [9.17, 15) is 4.79 Å². The van der Waals surface area contributed by atoms with E-state index < -0.39 is 0 Å². The molecule has 1 saturated carbocycles. The lowest BCUT2D eigenvalue weighted by molar-refractivity contribution is -0.125. The van der Waals surface area contributed by atoms with Gasteiger partial charge in [0.1, 0.15) is 4.88 Å². The van der Waals surface area contributed by atoms with E-state index in [1.54, 1.807) is 5.51 Å². The highest BCUT2D eigenvalue weighted by atomic mass is 32.1. The number of amides is 1. The zero-order valence-corrected chi connectivity index (χ0v) is 12.1. The molecule has 0 spiro atoms. The molecule has 1 aliphatic rings. The van der Waals surface area contributed by atoms with E-state index in [0.717, 1.165) is 36.3 Å². The summed E-state index contributed by atoms with van der Waals surface area (Å²) >= 11 is 1.47. The van der Waals surface area contributed by atoms with Crippen LogP contribution >= 0.6 is 11.3 Å². The lowest BCUT2D eigenvalue weighted by Crippen LogP contribution is -2.28. The first-order valence-corrected chi connectivity index (χ1v) is 7.62. The Balaban J connectivity index is 1.60. The Morgan fingerprint density at radius 1 is 1.45 bits per heavy atom. The van der Waals surface area contributed by atoms with Gasteiger partial charge in [-0.25, -0.2) is 4.98 Å². The van der Waals surface area contributed by atoms with Crippen LogP contribution in [-0.4, -0.2) is 21.1 Å². The van der Waals surface area contributed by atoms with Crippen LogP contribution in [0.25, 0.3) is 10.8 Å². The average molecular weight is 292 g/mol. The highest BCUT2D eigenvalue weighted by Gasteiger charge is 2.22. The van der Waals surface area contributed by atoms with Crippen LogP contribution in [-0.2, 0) is 11.3 Å². The number of carbonyl (C=O) groups is 1. The van der Waals surface area contributed by atoms with Gasteiger partial charge in [0.25, 0.3) is 5.89 Å². The van der Waals surface area contributed by atoms with Gasteiger partial charge in [0.15, 0.2) is 0 Å². The molecule has 1 N–H and O–H groups in total. The smallest absolute Gasteiger partial charge is 0.259 e. The summed E-state index contributed by atoms with van der Waals surface area (Å²) in [5, 5.41) is 10.8. The van der Waals surface area contributed by atoms with Gasteiger partial charge in [-0.05, 0) is 19.8 Å². The molecule has 1 amide bonds. The first-order chi connectivity index (χ1) is 9.74. The molecule has 0 aliphatic heterocycles. The zero-order chi connectivity index (χ0) is 13.9. The predicted octanol–water partition coefficient (Wildman–Crippen LogP) is 2.31. The maximum Gasteiger partial charge on any atom is 0.259 e. The van der Waals surface area contributed by atoms with E-state index in [1.807, 2.05) is 6.92 Å². The second kappa shape index (κ2) is 5.70. The van der Waals surface area contributed by atoms with Crippen molar-refractivity contribution in [1.82, 2.24) is 20.5 Å². The molecule has 0 unspecified atom stereocenters. The summed E-state index contributed by atoms with van der Waals surface area (Å²) in [5.41, 5.74) is 2.62. The Bertz CT molecular complexity index is 601. The highest BCUT2D eigenvalue weighted by Crippen LogP contribution is 2.26. The van der Waals surface area contributed by atoms with Gasteiger partial charge in [0.2, 0.25) is 11.8 Å². The molecule has 20 heavy (non-hydrogen) atoms. The van der Waals surface area contributed by atoms with E-state index in [-0.39, 0.29) is 11.8 Å². The molecule has 0 saturated heterocycles. The molecule has 0 bridgehead atoms. The topological polar surface area (TPSA) is 80.9 Å². The molecule has 106 valence electrons. The number of nitrogens with zero attached hydrogens (tertiary/aromatic N) is 3. The Morgan fingerprint density at radius 2 is 2.25 bits per heavy atom. The Labute approximate surface area is 120 Å². The van der Waals surface area contributed by atoms with Gasteiger partial charge in [-0.1, -0.05) is 12.8 Å². The van der Waals surface area contributed by atoms with Gasteiger partial charge >= 0.3 is 0 Å². The maximum absolute atomic E-state index is 11.9. The highest BCUT2D eigenvalue weighted by molar-refractivity contribution is 7.13. The van der Waals surface area contributed by atoms with E-state index in [4.69, 9.17) is 4.42 Å². The molecule has 0 radical (unpaired) electrons. The van der Waals surface area contributed by atoms with Crippen LogP contribution in [0.4, 0.5) is 0 Å². The van der Waals surface area contributed by atoms with E-state index in [2.05, 4.69) is 20.5 Å². The van der Waals surface area contributed by atoms with Gasteiger partial charge in [-0.3, -0.25) is 4.79 Å². The van der Waals surface area contributed by atoms with E-state index >= 15 is 0 Å². The predicted molar refractivity (Wildman–Crippen MR) is 73.9 cm³/mol. The van der Waals surface area contributed by atoms with Crippen molar-refractivity contribution >= 4 is 17.2 Å².